The number of methoxy groups -OCH3 is 1. The van der Waals surface area contributed by atoms with Crippen molar-refractivity contribution in [2.45, 2.75) is 12.5 Å². The van der Waals surface area contributed by atoms with Gasteiger partial charge in [0, 0.05) is 18.7 Å². The lowest BCUT2D eigenvalue weighted by molar-refractivity contribution is 0.305. The highest BCUT2D eigenvalue weighted by molar-refractivity contribution is 7.80. The van der Waals surface area contributed by atoms with E-state index in [1.807, 2.05) is 18.2 Å². The average molecular weight is 356 g/mol. The molecule has 2 aromatic rings. The summed E-state index contributed by atoms with van der Waals surface area (Å²) in [4.78, 5) is 0. The highest BCUT2D eigenvalue weighted by Gasteiger charge is 2.08. The first-order valence-electron chi connectivity index (χ1n) is 6.84. The fraction of sp³-hybridized carbons (Fsp3) is 0.250. The molecule has 124 valence electrons. The number of ether oxygens (including phenoxy) is 2. The second-order valence-corrected chi connectivity index (χ2v) is 6.07. The summed E-state index contributed by atoms with van der Waals surface area (Å²) in [5, 5.41) is 0. The molecule has 0 aliphatic heterocycles. The van der Waals surface area contributed by atoms with Gasteiger partial charge in [0.2, 0.25) is 0 Å². The van der Waals surface area contributed by atoms with Gasteiger partial charge in [0.15, 0.2) is 0 Å². The van der Waals surface area contributed by atoms with Crippen LogP contribution in [-0.2, 0) is 23.8 Å². The van der Waals surface area contributed by atoms with Crippen molar-refractivity contribution in [2.24, 2.45) is 0 Å². The molecular weight excluding hydrogens is 338 g/mol. The van der Waals surface area contributed by atoms with Crippen molar-refractivity contribution in [3.05, 3.63) is 53.6 Å². The third kappa shape index (κ3) is 4.60. The highest BCUT2D eigenvalue weighted by Crippen LogP contribution is 2.24. The Bertz CT molecular complexity index is 696. The van der Waals surface area contributed by atoms with E-state index in [1.165, 1.54) is 11.4 Å². The van der Waals surface area contributed by atoms with E-state index >= 15 is 0 Å². The topological polar surface area (TPSA) is 59.0 Å². The minimum absolute atomic E-state index is 0.355. The maximum absolute atomic E-state index is 11.1. The van der Waals surface area contributed by atoms with Crippen molar-refractivity contribution >= 4 is 28.6 Å². The molecule has 0 fully saturated rings. The zero-order valence-corrected chi connectivity index (χ0v) is 14.4. The predicted octanol–water partition coefficient (Wildman–Crippen LogP) is 3.59. The molecule has 0 spiro atoms. The summed E-state index contributed by atoms with van der Waals surface area (Å²) in [6.07, 6.45) is 0. The summed E-state index contributed by atoms with van der Waals surface area (Å²) in [6.45, 7) is 0.355. The molecule has 5 nitrogen and oxygen atoms in total. The zero-order chi connectivity index (χ0) is 16.8. The molecular formula is C16H18ClNO4S. The Balaban J connectivity index is 2.09. The van der Waals surface area contributed by atoms with E-state index < -0.39 is 11.3 Å². The molecule has 0 heterocycles. The molecule has 1 N–H and O–H groups in total. The molecule has 2 aromatic carbocycles. The van der Waals surface area contributed by atoms with Crippen LogP contribution in [0.5, 0.6) is 11.5 Å². The minimum Gasteiger partial charge on any atom is -0.496 e. The Hall–Kier alpha value is -1.76. The van der Waals surface area contributed by atoms with E-state index in [-0.39, 0.29) is 0 Å². The van der Waals surface area contributed by atoms with Gasteiger partial charge in [0.25, 0.3) is 11.3 Å². The van der Waals surface area contributed by atoms with Gasteiger partial charge < -0.3 is 9.47 Å². The summed E-state index contributed by atoms with van der Waals surface area (Å²) in [5.74, 6) is 1.72. The fourth-order valence-electron chi connectivity index (χ4n) is 2.02. The first-order valence-corrected chi connectivity index (χ1v) is 8.44. The van der Waals surface area contributed by atoms with Gasteiger partial charge >= 0.3 is 0 Å². The zero-order valence-electron chi connectivity index (χ0n) is 12.9. The van der Waals surface area contributed by atoms with E-state index in [0.29, 0.717) is 23.9 Å². The number of hydrogen-bond donors (Lipinski definition) is 1. The van der Waals surface area contributed by atoms with E-state index in [9.17, 15) is 4.21 Å². The van der Waals surface area contributed by atoms with Gasteiger partial charge in [0.05, 0.1) is 18.7 Å². The normalized spacial score (nSPS) is 11.8. The summed E-state index contributed by atoms with van der Waals surface area (Å²) >= 11 is 3.78. The molecule has 23 heavy (non-hydrogen) atoms. The summed E-state index contributed by atoms with van der Waals surface area (Å²) in [5.41, 5.74) is 2.46. The standard InChI is InChI=1S/C16H18ClNO4S/c1-18(23(19)20)14-4-3-5-15(9-14)22-11-12-6-7-13(10-17)16(8-12)21-2/h3-9H,10-11H2,1-2H3,(H,19,20). The van der Waals surface area contributed by atoms with Gasteiger partial charge in [-0.25, -0.2) is 4.21 Å². The summed E-state index contributed by atoms with van der Waals surface area (Å²) < 4.78 is 32.5. The summed E-state index contributed by atoms with van der Waals surface area (Å²) in [6, 6.07) is 12.7. The molecule has 0 aliphatic carbocycles. The van der Waals surface area contributed by atoms with Crippen molar-refractivity contribution in [1.29, 1.82) is 0 Å². The first kappa shape index (κ1) is 17.6. The van der Waals surface area contributed by atoms with Crippen molar-refractivity contribution in [2.75, 3.05) is 18.5 Å². The van der Waals surface area contributed by atoms with Gasteiger partial charge in [-0.05, 0) is 23.8 Å². The second-order valence-electron chi connectivity index (χ2n) is 4.79. The van der Waals surface area contributed by atoms with Crippen LogP contribution in [0.15, 0.2) is 42.5 Å². The molecule has 7 heteroatoms. The van der Waals surface area contributed by atoms with Crippen LogP contribution in [-0.4, -0.2) is 22.9 Å². The van der Waals surface area contributed by atoms with E-state index in [2.05, 4.69) is 0 Å². The third-order valence-electron chi connectivity index (χ3n) is 3.32. The van der Waals surface area contributed by atoms with Crippen LogP contribution in [0.25, 0.3) is 0 Å². The third-order valence-corrected chi connectivity index (χ3v) is 4.28. The van der Waals surface area contributed by atoms with Crippen molar-refractivity contribution in [3.63, 3.8) is 0 Å². The Morgan fingerprint density at radius 2 is 2.04 bits per heavy atom. The monoisotopic (exact) mass is 355 g/mol. The second kappa shape index (κ2) is 8.19. The number of nitrogens with zero attached hydrogens (tertiary/aromatic N) is 1. The maximum atomic E-state index is 11.1. The van der Waals surface area contributed by atoms with Crippen molar-refractivity contribution in [1.82, 2.24) is 0 Å². The Morgan fingerprint density at radius 1 is 1.26 bits per heavy atom. The average Bonchev–Trinajstić information content (AvgIpc) is 2.59. The SMILES string of the molecule is COc1cc(COc2cccc(N(C)S(=O)O)c2)ccc1CCl. The van der Waals surface area contributed by atoms with Crippen LogP contribution in [0.4, 0.5) is 5.69 Å². The Kier molecular flexibility index (Phi) is 6.27. The molecule has 1 unspecified atom stereocenters. The summed E-state index contributed by atoms with van der Waals surface area (Å²) in [7, 11) is 3.13. The van der Waals surface area contributed by atoms with Crippen LogP contribution in [0.3, 0.4) is 0 Å². The molecule has 0 amide bonds. The fourth-order valence-corrected chi connectivity index (χ4v) is 2.53. The van der Waals surface area contributed by atoms with Crippen molar-refractivity contribution in [3.8, 4) is 11.5 Å². The van der Waals surface area contributed by atoms with Gasteiger partial charge in [-0.1, -0.05) is 18.2 Å². The minimum atomic E-state index is -2.07. The van der Waals surface area contributed by atoms with Crippen LogP contribution < -0.4 is 13.8 Å². The van der Waals surface area contributed by atoms with Gasteiger partial charge in [-0.2, -0.15) is 0 Å². The lowest BCUT2D eigenvalue weighted by Crippen LogP contribution is -2.18. The van der Waals surface area contributed by atoms with E-state index in [0.717, 1.165) is 16.9 Å². The Labute approximate surface area is 143 Å². The molecule has 0 bridgehead atoms. The molecule has 0 aliphatic rings. The van der Waals surface area contributed by atoms with E-state index in [1.54, 1.807) is 31.4 Å². The van der Waals surface area contributed by atoms with Gasteiger partial charge in [0.1, 0.15) is 18.1 Å². The first-order chi connectivity index (χ1) is 11.0. The van der Waals surface area contributed by atoms with Gasteiger partial charge in [-0.3, -0.25) is 8.86 Å². The Morgan fingerprint density at radius 3 is 2.70 bits per heavy atom. The van der Waals surface area contributed by atoms with Crippen LogP contribution in [0, 0.1) is 0 Å². The lowest BCUT2D eigenvalue weighted by Gasteiger charge is -2.15. The van der Waals surface area contributed by atoms with E-state index in [4.69, 9.17) is 25.6 Å². The number of alkyl halides is 1. The maximum Gasteiger partial charge on any atom is 0.261 e. The molecule has 0 saturated heterocycles. The quantitative estimate of drug-likeness (QED) is 0.609. The predicted molar refractivity (Wildman–Crippen MR) is 92.5 cm³/mol. The van der Waals surface area contributed by atoms with Crippen molar-refractivity contribution < 1.29 is 18.2 Å². The number of halogens is 1. The van der Waals surface area contributed by atoms with Gasteiger partial charge in [-0.15, -0.1) is 11.6 Å². The smallest absolute Gasteiger partial charge is 0.261 e. The number of rotatable bonds is 7. The highest BCUT2D eigenvalue weighted by atomic mass is 35.5. The molecule has 2 rings (SSSR count). The van der Waals surface area contributed by atoms with Crippen LogP contribution in [0.1, 0.15) is 11.1 Å². The largest absolute Gasteiger partial charge is 0.496 e. The number of anilines is 1. The van der Waals surface area contributed by atoms with Crippen LogP contribution in [0.2, 0.25) is 0 Å². The molecule has 0 aromatic heterocycles. The molecule has 0 radical (unpaired) electrons. The number of benzene rings is 2. The molecule has 1 atom stereocenters. The van der Waals surface area contributed by atoms with Crippen LogP contribution >= 0.6 is 11.6 Å². The number of hydrogen-bond acceptors (Lipinski definition) is 3. The molecule has 0 saturated carbocycles. The lowest BCUT2D eigenvalue weighted by atomic mass is 10.1.